The molecule has 1 amide bonds. The van der Waals surface area contributed by atoms with E-state index in [0.29, 0.717) is 25.6 Å². The number of carbonyl (C=O) groups is 1. The van der Waals surface area contributed by atoms with E-state index in [4.69, 9.17) is 0 Å². The van der Waals surface area contributed by atoms with Crippen LogP contribution in [0.25, 0.3) is 5.70 Å². The predicted molar refractivity (Wildman–Crippen MR) is 106 cm³/mol. The van der Waals surface area contributed by atoms with Gasteiger partial charge in [-0.1, -0.05) is 26.0 Å². The normalized spacial score (nSPS) is 16.8. The number of nitrogens with zero attached hydrogens (tertiary/aromatic N) is 1. The van der Waals surface area contributed by atoms with Crippen LogP contribution >= 0.6 is 11.8 Å². The van der Waals surface area contributed by atoms with Crippen molar-refractivity contribution in [3.8, 4) is 0 Å². The molecule has 2 rings (SSSR count). The highest BCUT2D eigenvalue weighted by Gasteiger charge is 2.42. The molecule has 1 aromatic carbocycles. The molecule has 0 fully saturated rings. The fourth-order valence-corrected chi connectivity index (χ4v) is 3.60. The molecule has 138 valence electrons. The third kappa shape index (κ3) is 4.57. The Morgan fingerprint density at radius 2 is 1.76 bits per heavy atom. The summed E-state index contributed by atoms with van der Waals surface area (Å²) in [6, 6.07) is 8.45. The maximum atomic E-state index is 13.2. The number of thioether (sulfide) groups is 1. The number of rotatable bonds is 8. The smallest absolute Gasteiger partial charge is 0.253 e. The van der Waals surface area contributed by atoms with Crippen LogP contribution in [0.4, 0.5) is 0 Å². The molecular weight excluding hydrogens is 332 g/mol. The van der Waals surface area contributed by atoms with Gasteiger partial charge in [0.2, 0.25) is 0 Å². The van der Waals surface area contributed by atoms with E-state index in [-0.39, 0.29) is 5.91 Å². The summed E-state index contributed by atoms with van der Waals surface area (Å²) in [5.74, 6) is 0.492. The van der Waals surface area contributed by atoms with Crippen LogP contribution in [-0.4, -0.2) is 50.9 Å². The third-order valence-corrected chi connectivity index (χ3v) is 5.02. The zero-order valence-corrected chi connectivity index (χ0v) is 16.7. The summed E-state index contributed by atoms with van der Waals surface area (Å²) in [6.07, 6.45) is 4.15. The van der Waals surface area contributed by atoms with Crippen molar-refractivity contribution in [3.63, 3.8) is 0 Å². The van der Waals surface area contributed by atoms with Crippen molar-refractivity contribution < 1.29 is 4.79 Å². The average molecular weight is 363 g/mol. The second kappa shape index (κ2) is 8.74. The summed E-state index contributed by atoms with van der Waals surface area (Å²) in [7, 11) is 3.78. The molecule has 0 spiro atoms. The Kier molecular flexibility index (Phi) is 6.93. The molecule has 5 nitrogen and oxygen atoms in total. The van der Waals surface area contributed by atoms with E-state index in [1.54, 1.807) is 16.8 Å². The van der Waals surface area contributed by atoms with Crippen LogP contribution in [0.2, 0.25) is 0 Å². The van der Waals surface area contributed by atoms with Crippen LogP contribution in [0.5, 0.6) is 0 Å². The van der Waals surface area contributed by atoms with E-state index < -0.39 is 5.41 Å². The Morgan fingerprint density at radius 1 is 1.16 bits per heavy atom. The molecule has 0 aromatic heterocycles. The van der Waals surface area contributed by atoms with Crippen molar-refractivity contribution in [3.05, 3.63) is 35.9 Å². The lowest BCUT2D eigenvalue weighted by Gasteiger charge is -2.41. The second-order valence-electron chi connectivity index (χ2n) is 6.92. The van der Waals surface area contributed by atoms with Gasteiger partial charge < -0.3 is 10.6 Å². The van der Waals surface area contributed by atoms with Gasteiger partial charge >= 0.3 is 0 Å². The maximum absolute atomic E-state index is 13.2. The van der Waals surface area contributed by atoms with Gasteiger partial charge in [0.15, 0.2) is 0 Å². The van der Waals surface area contributed by atoms with Crippen molar-refractivity contribution in [2.75, 3.05) is 40.0 Å². The largest absolute Gasteiger partial charge is 0.318 e. The van der Waals surface area contributed by atoms with Crippen LogP contribution in [0.1, 0.15) is 19.4 Å². The van der Waals surface area contributed by atoms with E-state index >= 15 is 0 Å². The van der Waals surface area contributed by atoms with Gasteiger partial charge in [0.25, 0.3) is 5.91 Å². The Balaban J connectivity index is 2.45. The van der Waals surface area contributed by atoms with Gasteiger partial charge in [-0.3, -0.25) is 15.2 Å². The molecule has 0 bridgehead atoms. The predicted octanol–water partition coefficient (Wildman–Crippen LogP) is 2.18. The number of hydrazine groups is 1. The number of hydrogen-bond donors (Lipinski definition) is 3. The molecule has 0 unspecified atom stereocenters. The number of hydrogen-bond acceptors (Lipinski definition) is 5. The molecule has 0 saturated heterocycles. The SMILES string of the molecule is CNCC1(CNC)C=C(c2ccc(SC)cc2)NN(CC(C)C)C1=O. The molecule has 6 heteroatoms. The molecule has 1 aliphatic heterocycles. The van der Waals surface area contributed by atoms with Crippen LogP contribution in [0, 0.1) is 11.3 Å². The van der Waals surface area contributed by atoms with Gasteiger partial charge in [-0.2, -0.15) is 0 Å². The summed E-state index contributed by atoms with van der Waals surface area (Å²) >= 11 is 1.73. The maximum Gasteiger partial charge on any atom is 0.253 e. The van der Waals surface area contributed by atoms with Crippen molar-refractivity contribution in [1.29, 1.82) is 0 Å². The van der Waals surface area contributed by atoms with Crippen molar-refractivity contribution in [2.45, 2.75) is 18.7 Å². The number of carbonyl (C=O) groups excluding carboxylic acids is 1. The minimum absolute atomic E-state index is 0.106. The highest BCUT2D eigenvalue weighted by molar-refractivity contribution is 7.98. The van der Waals surface area contributed by atoms with Gasteiger partial charge in [-0.25, -0.2) is 0 Å². The average Bonchev–Trinajstić information content (AvgIpc) is 2.59. The minimum atomic E-state index is -0.600. The summed E-state index contributed by atoms with van der Waals surface area (Å²) < 4.78 is 0. The molecule has 0 atom stereocenters. The summed E-state index contributed by atoms with van der Waals surface area (Å²) in [4.78, 5) is 14.4. The number of nitrogens with one attached hydrogen (secondary N) is 3. The third-order valence-electron chi connectivity index (χ3n) is 4.28. The van der Waals surface area contributed by atoms with Gasteiger partial charge in [0.1, 0.15) is 0 Å². The first-order chi connectivity index (χ1) is 12.0. The molecule has 1 aliphatic rings. The minimum Gasteiger partial charge on any atom is -0.318 e. The molecule has 0 saturated carbocycles. The first-order valence-electron chi connectivity index (χ1n) is 8.71. The Hall–Kier alpha value is -1.50. The van der Waals surface area contributed by atoms with Crippen LogP contribution in [0.3, 0.4) is 0 Å². The topological polar surface area (TPSA) is 56.4 Å². The number of amides is 1. The summed E-state index contributed by atoms with van der Waals surface area (Å²) in [6.45, 7) is 6.11. The van der Waals surface area contributed by atoms with E-state index in [9.17, 15) is 4.79 Å². The highest BCUT2D eigenvalue weighted by Crippen LogP contribution is 2.31. The molecule has 1 aromatic rings. The van der Waals surface area contributed by atoms with Gasteiger partial charge in [0.05, 0.1) is 11.1 Å². The quantitative estimate of drug-likeness (QED) is 0.619. The monoisotopic (exact) mass is 362 g/mol. The zero-order valence-electron chi connectivity index (χ0n) is 15.8. The fraction of sp³-hybridized carbons (Fsp3) is 0.526. The molecule has 0 radical (unpaired) electrons. The van der Waals surface area contributed by atoms with E-state index in [1.807, 2.05) is 14.1 Å². The fourth-order valence-electron chi connectivity index (χ4n) is 3.19. The molecular formula is C19H30N4OS. The highest BCUT2D eigenvalue weighted by atomic mass is 32.2. The summed E-state index contributed by atoms with van der Waals surface area (Å²) in [5, 5.41) is 8.16. The Morgan fingerprint density at radius 3 is 2.24 bits per heavy atom. The van der Waals surface area contributed by atoms with Crippen molar-refractivity contribution in [1.82, 2.24) is 21.1 Å². The van der Waals surface area contributed by atoms with Crippen LogP contribution < -0.4 is 16.1 Å². The van der Waals surface area contributed by atoms with E-state index in [1.165, 1.54) is 4.90 Å². The molecule has 25 heavy (non-hydrogen) atoms. The van der Waals surface area contributed by atoms with Gasteiger partial charge in [-0.05, 0) is 50.0 Å². The number of benzene rings is 1. The van der Waals surface area contributed by atoms with Crippen molar-refractivity contribution >= 4 is 23.4 Å². The van der Waals surface area contributed by atoms with Crippen LogP contribution in [0.15, 0.2) is 35.2 Å². The van der Waals surface area contributed by atoms with Gasteiger partial charge in [0, 0.05) is 24.5 Å². The first-order valence-corrected chi connectivity index (χ1v) is 9.93. The molecule has 0 aliphatic carbocycles. The first kappa shape index (κ1) is 19.8. The van der Waals surface area contributed by atoms with Crippen molar-refractivity contribution in [2.24, 2.45) is 11.3 Å². The lowest BCUT2D eigenvalue weighted by molar-refractivity contribution is -0.143. The Bertz CT molecular complexity index is 606. The van der Waals surface area contributed by atoms with E-state index in [2.05, 4.69) is 66.5 Å². The van der Waals surface area contributed by atoms with E-state index in [0.717, 1.165) is 11.3 Å². The standard InChI is InChI=1S/C19H30N4OS/c1-14(2)11-23-18(24)19(12-20-3,13-21-4)10-17(22-23)15-6-8-16(25-5)9-7-15/h6-10,14,20-22H,11-13H2,1-5H3. The Labute approximate surface area is 155 Å². The lowest BCUT2D eigenvalue weighted by Crippen LogP contribution is -2.59. The zero-order chi connectivity index (χ0) is 18.4. The van der Waals surface area contributed by atoms with Gasteiger partial charge in [-0.15, -0.1) is 11.8 Å². The summed E-state index contributed by atoms with van der Waals surface area (Å²) in [5.41, 5.74) is 4.82. The van der Waals surface area contributed by atoms with Crippen LogP contribution in [-0.2, 0) is 4.79 Å². The molecule has 3 N–H and O–H groups in total. The second-order valence-corrected chi connectivity index (χ2v) is 7.80. The molecule has 1 heterocycles. The lowest BCUT2D eigenvalue weighted by atomic mass is 9.82.